The lowest BCUT2D eigenvalue weighted by Gasteiger charge is -1.99. The fourth-order valence-corrected chi connectivity index (χ4v) is 2.12. The van der Waals surface area contributed by atoms with Gasteiger partial charge in [0.25, 0.3) is 7.48 Å². The van der Waals surface area contributed by atoms with Gasteiger partial charge in [-0.1, -0.05) is 18.0 Å². The highest BCUT2D eigenvalue weighted by Crippen LogP contribution is 2.32. The Labute approximate surface area is 96.0 Å². The molecule has 0 saturated heterocycles. The zero-order chi connectivity index (χ0) is 11.2. The molecule has 0 bridgehead atoms. The zero-order valence-electron chi connectivity index (χ0n) is 9.52. The van der Waals surface area contributed by atoms with Gasteiger partial charge in [-0.05, 0) is 19.2 Å². The highest BCUT2D eigenvalue weighted by molar-refractivity contribution is 6.27. The predicted octanol–water partition coefficient (Wildman–Crippen LogP) is 0.972. The molecule has 0 spiro atoms. The fourth-order valence-electron chi connectivity index (χ4n) is 2.12. The van der Waals surface area contributed by atoms with Gasteiger partial charge in [0.2, 0.25) is 5.89 Å². The first-order valence-corrected chi connectivity index (χ1v) is 6.00. The number of nitrogens with two attached hydrogens (primary N) is 1. The van der Waals surface area contributed by atoms with Gasteiger partial charge in [-0.2, -0.15) is 4.98 Å². The van der Waals surface area contributed by atoms with Crippen molar-refractivity contribution in [2.45, 2.75) is 44.3 Å². The fraction of sp³-hybridized carbons (Fsp3) is 0.800. The number of aromatic nitrogens is 2. The van der Waals surface area contributed by atoms with E-state index in [4.69, 9.17) is 14.9 Å². The molecule has 1 fully saturated rings. The lowest BCUT2D eigenvalue weighted by Crippen LogP contribution is -2.08. The van der Waals surface area contributed by atoms with Crippen LogP contribution in [0.3, 0.4) is 0 Å². The topological polar surface area (TPSA) is 74.2 Å². The monoisotopic (exact) mass is 223 g/mol. The Morgan fingerprint density at radius 3 is 3.00 bits per heavy atom. The molecule has 0 atom stereocenters. The first-order chi connectivity index (χ1) is 7.90. The molecule has 1 aromatic rings. The summed E-state index contributed by atoms with van der Waals surface area (Å²) in [7, 11) is 0.657. The smallest absolute Gasteiger partial charge is 0.277 e. The maximum absolute atomic E-state index is 5.28. The average Bonchev–Trinajstić information content (AvgIpc) is 2.94. The molecule has 1 heterocycles. The highest BCUT2D eigenvalue weighted by Gasteiger charge is 2.22. The van der Waals surface area contributed by atoms with Crippen LogP contribution in [0.4, 0.5) is 0 Å². The summed E-state index contributed by atoms with van der Waals surface area (Å²) in [6.45, 7) is 0.277. The Kier molecular flexibility index (Phi) is 4.36. The molecule has 0 aliphatic heterocycles. The second-order valence-electron chi connectivity index (χ2n) is 4.21. The standard InChI is InChI=1S/C10H18BN3O2/c12-7-15-11-6-5-9-13-10(16-14-9)8-3-1-2-4-8/h8,11H,1-7,12H2. The normalized spacial score (nSPS) is 16.8. The van der Waals surface area contributed by atoms with Crippen LogP contribution in [0.5, 0.6) is 0 Å². The van der Waals surface area contributed by atoms with E-state index in [1.54, 1.807) is 0 Å². The maximum atomic E-state index is 5.28. The van der Waals surface area contributed by atoms with Crippen LogP contribution < -0.4 is 5.73 Å². The maximum Gasteiger partial charge on any atom is 0.277 e. The van der Waals surface area contributed by atoms with Crippen LogP contribution in [-0.2, 0) is 11.1 Å². The van der Waals surface area contributed by atoms with Crippen LogP contribution in [0.15, 0.2) is 4.52 Å². The van der Waals surface area contributed by atoms with Crippen molar-refractivity contribution in [1.82, 2.24) is 10.1 Å². The van der Waals surface area contributed by atoms with Crippen LogP contribution in [0.1, 0.15) is 43.3 Å². The summed E-state index contributed by atoms with van der Waals surface area (Å²) in [6.07, 6.45) is 6.65. The number of nitrogens with zero attached hydrogens (tertiary/aromatic N) is 2. The van der Waals surface area contributed by atoms with E-state index in [9.17, 15) is 0 Å². The molecule has 0 radical (unpaired) electrons. The molecule has 0 amide bonds. The quantitative estimate of drug-likeness (QED) is 0.442. The van der Waals surface area contributed by atoms with Gasteiger partial charge >= 0.3 is 0 Å². The van der Waals surface area contributed by atoms with Crippen molar-refractivity contribution in [1.29, 1.82) is 0 Å². The first-order valence-electron chi connectivity index (χ1n) is 6.00. The Bertz CT molecular complexity index is 313. The Morgan fingerprint density at radius 1 is 1.44 bits per heavy atom. The predicted molar refractivity (Wildman–Crippen MR) is 61.3 cm³/mol. The van der Waals surface area contributed by atoms with Crippen LogP contribution >= 0.6 is 0 Å². The van der Waals surface area contributed by atoms with E-state index in [1.165, 1.54) is 25.7 Å². The number of hydrogen-bond acceptors (Lipinski definition) is 5. The number of aryl methyl sites for hydroxylation is 1. The van der Waals surface area contributed by atoms with Crippen molar-refractivity contribution in [3.05, 3.63) is 11.7 Å². The lowest BCUT2D eigenvalue weighted by atomic mass is 9.93. The van der Waals surface area contributed by atoms with E-state index in [1.807, 2.05) is 0 Å². The Morgan fingerprint density at radius 2 is 2.25 bits per heavy atom. The summed E-state index contributed by atoms with van der Waals surface area (Å²) in [4.78, 5) is 4.43. The first kappa shape index (κ1) is 11.6. The molecule has 0 aromatic carbocycles. The van der Waals surface area contributed by atoms with Gasteiger partial charge in [0.15, 0.2) is 5.82 Å². The molecular formula is C10H18BN3O2. The Hall–Kier alpha value is -0.875. The van der Waals surface area contributed by atoms with Crippen molar-refractivity contribution < 1.29 is 9.18 Å². The number of rotatable bonds is 6. The van der Waals surface area contributed by atoms with Gasteiger partial charge in [0.05, 0.1) is 6.73 Å². The van der Waals surface area contributed by atoms with Gasteiger partial charge in [-0.25, -0.2) is 0 Å². The van der Waals surface area contributed by atoms with Gasteiger partial charge in [0.1, 0.15) is 0 Å². The third-order valence-corrected chi connectivity index (χ3v) is 3.00. The van der Waals surface area contributed by atoms with Gasteiger partial charge in [-0.15, -0.1) is 0 Å². The lowest BCUT2D eigenvalue weighted by molar-refractivity contribution is 0.345. The SMILES string of the molecule is NCOBCCc1noc(C2CCCC2)n1. The van der Waals surface area contributed by atoms with E-state index in [-0.39, 0.29) is 6.73 Å². The molecule has 16 heavy (non-hydrogen) atoms. The minimum Gasteiger partial charge on any atom is -0.428 e. The zero-order valence-corrected chi connectivity index (χ0v) is 9.52. The van der Waals surface area contributed by atoms with Gasteiger partial charge < -0.3 is 14.9 Å². The third-order valence-electron chi connectivity index (χ3n) is 3.00. The molecule has 1 aliphatic carbocycles. The molecule has 5 nitrogen and oxygen atoms in total. The van der Waals surface area contributed by atoms with Crippen molar-refractivity contribution >= 4 is 7.48 Å². The summed E-state index contributed by atoms with van der Waals surface area (Å²) < 4.78 is 10.3. The van der Waals surface area contributed by atoms with Gasteiger partial charge in [-0.3, -0.25) is 0 Å². The van der Waals surface area contributed by atoms with Crippen molar-refractivity contribution in [2.75, 3.05) is 6.73 Å². The molecular weight excluding hydrogens is 205 g/mol. The van der Waals surface area contributed by atoms with E-state index >= 15 is 0 Å². The van der Waals surface area contributed by atoms with E-state index < -0.39 is 0 Å². The molecule has 2 N–H and O–H groups in total. The summed E-state index contributed by atoms with van der Waals surface area (Å²) in [5.74, 6) is 2.12. The second kappa shape index (κ2) is 6.01. The molecule has 6 heteroatoms. The minimum atomic E-state index is 0.277. The van der Waals surface area contributed by atoms with E-state index in [0.717, 1.165) is 24.5 Å². The van der Waals surface area contributed by atoms with Crippen LogP contribution in [0.2, 0.25) is 6.32 Å². The van der Waals surface area contributed by atoms with E-state index in [0.29, 0.717) is 13.4 Å². The van der Waals surface area contributed by atoms with Crippen molar-refractivity contribution in [2.24, 2.45) is 5.73 Å². The van der Waals surface area contributed by atoms with Gasteiger partial charge in [0, 0.05) is 12.3 Å². The van der Waals surface area contributed by atoms with Crippen LogP contribution in [-0.4, -0.2) is 24.4 Å². The summed E-state index contributed by atoms with van der Waals surface area (Å²) in [5.41, 5.74) is 5.22. The van der Waals surface area contributed by atoms with Crippen molar-refractivity contribution in [3.8, 4) is 0 Å². The molecule has 1 aromatic heterocycles. The second-order valence-corrected chi connectivity index (χ2v) is 4.21. The molecule has 2 rings (SSSR count). The number of hydrogen-bond donors (Lipinski definition) is 1. The molecule has 0 unspecified atom stereocenters. The van der Waals surface area contributed by atoms with E-state index in [2.05, 4.69) is 10.1 Å². The molecule has 88 valence electrons. The third kappa shape index (κ3) is 3.06. The van der Waals surface area contributed by atoms with Crippen molar-refractivity contribution in [3.63, 3.8) is 0 Å². The summed E-state index contributed by atoms with van der Waals surface area (Å²) in [5, 5.41) is 3.99. The summed E-state index contributed by atoms with van der Waals surface area (Å²) in [6, 6.07) is 0. The Balaban J connectivity index is 1.77. The molecule has 1 aliphatic rings. The summed E-state index contributed by atoms with van der Waals surface area (Å²) >= 11 is 0. The molecule has 1 saturated carbocycles. The van der Waals surface area contributed by atoms with Crippen LogP contribution in [0, 0.1) is 0 Å². The highest BCUT2D eigenvalue weighted by atomic mass is 16.5. The largest absolute Gasteiger partial charge is 0.428 e. The average molecular weight is 223 g/mol. The minimum absolute atomic E-state index is 0.277. The van der Waals surface area contributed by atoms with Crippen LogP contribution in [0.25, 0.3) is 0 Å².